The van der Waals surface area contributed by atoms with Crippen molar-refractivity contribution in [3.63, 3.8) is 0 Å². The number of methoxy groups -OCH3 is 1. The highest BCUT2D eigenvalue weighted by Crippen LogP contribution is 2.21. The zero-order valence-corrected chi connectivity index (χ0v) is 14.5. The van der Waals surface area contributed by atoms with E-state index in [9.17, 15) is 9.59 Å². The molecule has 24 heavy (non-hydrogen) atoms. The van der Waals surface area contributed by atoms with E-state index < -0.39 is 5.97 Å². The van der Waals surface area contributed by atoms with Crippen LogP contribution in [-0.2, 0) is 22.6 Å². The lowest BCUT2D eigenvalue weighted by Crippen LogP contribution is -2.37. The molecule has 0 unspecified atom stereocenters. The first-order valence-electron chi connectivity index (χ1n) is 7.51. The van der Waals surface area contributed by atoms with Crippen LogP contribution in [0.25, 0.3) is 0 Å². The summed E-state index contributed by atoms with van der Waals surface area (Å²) in [6.07, 6.45) is 0.600. The summed E-state index contributed by atoms with van der Waals surface area (Å²) >= 11 is 1.25. The van der Waals surface area contributed by atoms with Crippen molar-refractivity contribution in [1.29, 1.82) is 0 Å². The lowest BCUT2D eigenvalue weighted by Gasteiger charge is -2.20. The summed E-state index contributed by atoms with van der Waals surface area (Å²) in [5, 5.41) is 9.81. The average Bonchev–Trinajstić information content (AvgIpc) is 2.92. The molecule has 2 aromatic rings. The normalized spacial score (nSPS) is 10.6. The number of rotatable bonds is 8. The van der Waals surface area contributed by atoms with Crippen LogP contribution in [0.5, 0.6) is 0 Å². The van der Waals surface area contributed by atoms with Crippen LogP contribution in [0, 0.1) is 6.92 Å². The number of hydrogen-bond acceptors (Lipinski definition) is 5. The second kappa shape index (κ2) is 8.56. The zero-order chi connectivity index (χ0) is 17.5. The van der Waals surface area contributed by atoms with Gasteiger partial charge in [0.05, 0.1) is 12.3 Å². The number of benzene rings is 1. The van der Waals surface area contributed by atoms with E-state index in [-0.39, 0.29) is 12.5 Å². The number of carboxylic acids is 1. The molecule has 0 bridgehead atoms. The van der Waals surface area contributed by atoms with E-state index in [0.717, 1.165) is 5.56 Å². The molecule has 128 valence electrons. The number of carboxylic acid groups (broad SMARTS) is 1. The summed E-state index contributed by atoms with van der Waals surface area (Å²) in [5.41, 5.74) is 1.66. The number of hydrogen-bond donors (Lipinski definition) is 1. The zero-order valence-electron chi connectivity index (χ0n) is 13.7. The summed E-state index contributed by atoms with van der Waals surface area (Å²) in [6, 6.07) is 9.67. The first kappa shape index (κ1) is 18.1. The van der Waals surface area contributed by atoms with Crippen LogP contribution in [-0.4, -0.2) is 47.1 Å². The van der Waals surface area contributed by atoms with Gasteiger partial charge in [-0.2, -0.15) is 0 Å². The van der Waals surface area contributed by atoms with Crippen LogP contribution < -0.4 is 0 Å². The Morgan fingerprint density at radius 3 is 2.62 bits per heavy atom. The van der Waals surface area contributed by atoms with Crippen LogP contribution in [0.15, 0.2) is 30.3 Å². The van der Waals surface area contributed by atoms with Gasteiger partial charge >= 0.3 is 5.97 Å². The molecule has 0 aliphatic heterocycles. The van der Waals surface area contributed by atoms with Crippen molar-refractivity contribution in [1.82, 2.24) is 9.88 Å². The minimum atomic E-state index is -1.03. The van der Waals surface area contributed by atoms with Gasteiger partial charge in [0.25, 0.3) is 5.91 Å². The predicted molar refractivity (Wildman–Crippen MR) is 91.2 cm³/mol. The fourth-order valence-corrected chi connectivity index (χ4v) is 3.31. The molecule has 0 atom stereocenters. The standard InChI is InChI=1S/C17H20N2O4S/c1-12-16(24-14(18-12)11-23-2)17(22)19(10-15(20)21)9-8-13-6-4-3-5-7-13/h3-7H,8-11H2,1-2H3,(H,20,21). The van der Waals surface area contributed by atoms with Crippen LogP contribution in [0.3, 0.4) is 0 Å². The van der Waals surface area contributed by atoms with Crippen LogP contribution in [0.1, 0.15) is 25.9 Å². The second-order valence-corrected chi connectivity index (χ2v) is 6.39. The number of thiazole rings is 1. The lowest BCUT2D eigenvalue weighted by atomic mass is 10.1. The minimum Gasteiger partial charge on any atom is -0.480 e. The Balaban J connectivity index is 2.14. The van der Waals surface area contributed by atoms with Gasteiger partial charge in [-0.05, 0) is 18.9 Å². The molecule has 1 N–H and O–H groups in total. The number of aliphatic carboxylic acids is 1. The van der Waals surface area contributed by atoms with Crippen molar-refractivity contribution < 1.29 is 19.4 Å². The van der Waals surface area contributed by atoms with Gasteiger partial charge in [0, 0.05) is 13.7 Å². The van der Waals surface area contributed by atoms with Crippen molar-refractivity contribution >= 4 is 23.2 Å². The maximum Gasteiger partial charge on any atom is 0.323 e. The molecule has 1 amide bonds. The van der Waals surface area contributed by atoms with Crippen molar-refractivity contribution in [3.05, 3.63) is 51.5 Å². The van der Waals surface area contributed by atoms with Gasteiger partial charge in [0.1, 0.15) is 16.4 Å². The Kier molecular flexibility index (Phi) is 6.45. The highest BCUT2D eigenvalue weighted by atomic mass is 32.1. The number of carbonyl (C=O) groups excluding carboxylic acids is 1. The van der Waals surface area contributed by atoms with Crippen molar-refractivity contribution in [2.75, 3.05) is 20.2 Å². The molecule has 0 radical (unpaired) electrons. The van der Waals surface area contributed by atoms with Crippen LogP contribution in [0.2, 0.25) is 0 Å². The van der Waals surface area contributed by atoms with E-state index >= 15 is 0 Å². The van der Waals surface area contributed by atoms with E-state index in [4.69, 9.17) is 9.84 Å². The quantitative estimate of drug-likeness (QED) is 0.792. The molecule has 0 aliphatic rings. The summed E-state index contributed by atoms with van der Waals surface area (Å²) in [6.45, 7) is 2.09. The van der Waals surface area contributed by atoms with Crippen LogP contribution >= 0.6 is 11.3 Å². The van der Waals surface area contributed by atoms with Gasteiger partial charge in [0.2, 0.25) is 0 Å². The Bertz CT molecular complexity index is 700. The summed E-state index contributed by atoms with van der Waals surface area (Å²) < 4.78 is 5.04. The monoisotopic (exact) mass is 348 g/mol. The maximum atomic E-state index is 12.7. The molecule has 0 fully saturated rings. The Morgan fingerprint density at radius 1 is 1.29 bits per heavy atom. The van der Waals surface area contributed by atoms with E-state index in [1.165, 1.54) is 16.2 Å². The number of aryl methyl sites for hydroxylation is 1. The third-order valence-corrected chi connectivity index (χ3v) is 4.55. The highest BCUT2D eigenvalue weighted by molar-refractivity contribution is 7.13. The Morgan fingerprint density at radius 2 is 2.00 bits per heavy atom. The van der Waals surface area contributed by atoms with Gasteiger partial charge in [-0.3, -0.25) is 9.59 Å². The average molecular weight is 348 g/mol. The molecular weight excluding hydrogens is 328 g/mol. The molecule has 1 aromatic heterocycles. The topological polar surface area (TPSA) is 79.7 Å². The Hall–Kier alpha value is -2.25. The second-order valence-electron chi connectivity index (χ2n) is 5.31. The van der Waals surface area contributed by atoms with Gasteiger partial charge in [-0.25, -0.2) is 4.98 Å². The summed E-state index contributed by atoms with van der Waals surface area (Å²) in [7, 11) is 1.56. The molecule has 0 saturated carbocycles. The highest BCUT2D eigenvalue weighted by Gasteiger charge is 2.23. The van der Waals surface area contributed by atoms with E-state index in [2.05, 4.69) is 4.98 Å². The molecule has 2 rings (SSSR count). The van der Waals surface area contributed by atoms with Crippen molar-refractivity contribution in [2.24, 2.45) is 0 Å². The number of amides is 1. The maximum absolute atomic E-state index is 12.7. The van der Waals surface area contributed by atoms with Crippen molar-refractivity contribution in [3.8, 4) is 0 Å². The third kappa shape index (κ3) is 4.87. The van der Waals surface area contributed by atoms with Crippen molar-refractivity contribution in [2.45, 2.75) is 20.0 Å². The molecule has 6 nitrogen and oxygen atoms in total. The molecular formula is C17H20N2O4S. The fourth-order valence-electron chi connectivity index (χ4n) is 2.30. The van der Waals surface area contributed by atoms with Gasteiger partial charge in [0.15, 0.2) is 0 Å². The minimum absolute atomic E-state index is 0.300. The van der Waals surface area contributed by atoms with Crippen LogP contribution in [0.4, 0.5) is 0 Å². The largest absolute Gasteiger partial charge is 0.480 e. The van der Waals surface area contributed by atoms with E-state index in [1.807, 2.05) is 30.3 Å². The van der Waals surface area contributed by atoms with E-state index in [0.29, 0.717) is 35.2 Å². The first-order chi connectivity index (χ1) is 11.5. The SMILES string of the molecule is COCc1nc(C)c(C(=O)N(CCc2ccccc2)CC(=O)O)s1. The molecule has 1 heterocycles. The molecule has 7 heteroatoms. The van der Waals surface area contributed by atoms with Gasteiger partial charge in [-0.1, -0.05) is 30.3 Å². The molecule has 0 aliphatic carbocycles. The number of aromatic nitrogens is 1. The number of carbonyl (C=O) groups is 2. The predicted octanol–water partition coefficient (Wildman–Crippen LogP) is 2.37. The van der Waals surface area contributed by atoms with Gasteiger partial charge in [-0.15, -0.1) is 11.3 Å². The molecule has 0 spiro atoms. The summed E-state index contributed by atoms with van der Waals surface area (Å²) in [4.78, 5) is 30.0. The smallest absolute Gasteiger partial charge is 0.323 e. The molecule has 0 saturated heterocycles. The van der Waals surface area contributed by atoms with E-state index in [1.54, 1.807) is 14.0 Å². The van der Waals surface area contributed by atoms with Gasteiger partial charge < -0.3 is 14.7 Å². The number of nitrogens with zero attached hydrogens (tertiary/aromatic N) is 2. The summed E-state index contributed by atoms with van der Waals surface area (Å²) in [5.74, 6) is -1.33. The first-order valence-corrected chi connectivity index (χ1v) is 8.33. The fraction of sp³-hybridized carbons (Fsp3) is 0.353. The molecule has 1 aromatic carbocycles. The number of ether oxygens (including phenoxy) is 1. The lowest BCUT2D eigenvalue weighted by molar-refractivity contribution is -0.137. The Labute approximate surface area is 144 Å². The third-order valence-electron chi connectivity index (χ3n) is 3.43.